The number of amides is 2. The second-order valence-electron chi connectivity index (χ2n) is 4.25. The van der Waals surface area contributed by atoms with Crippen LogP contribution in [-0.4, -0.2) is 36.3 Å². The van der Waals surface area contributed by atoms with Crippen molar-refractivity contribution in [2.75, 3.05) is 13.6 Å². The van der Waals surface area contributed by atoms with Crippen molar-refractivity contribution in [3.05, 3.63) is 22.4 Å². The third-order valence-electron chi connectivity index (χ3n) is 2.94. The number of rotatable bonds is 4. The van der Waals surface area contributed by atoms with Gasteiger partial charge in [-0.2, -0.15) is 0 Å². The van der Waals surface area contributed by atoms with Gasteiger partial charge in [-0.1, -0.05) is 6.07 Å². The molecule has 0 spiro atoms. The highest BCUT2D eigenvalue weighted by atomic mass is 32.1. The Balaban J connectivity index is 1.81. The molecule has 1 unspecified atom stereocenters. The van der Waals surface area contributed by atoms with Gasteiger partial charge in [-0.15, -0.1) is 11.3 Å². The molecule has 0 saturated carbocycles. The van der Waals surface area contributed by atoms with Crippen LogP contribution in [0, 0.1) is 0 Å². The second kappa shape index (κ2) is 5.31. The van der Waals surface area contributed by atoms with Crippen molar-refractivity contribution in [1.82, 2.24) is 10.2 Å². The minimum Gasteiger partial charge on any atom is -0.344 e. The smallest absolute Gasteiger partial charge is 0.244 e. The minimum atomic E-state index is -0.309. The van der Waals surface area contributed by atoms with Gasteiger partial charge in [0.2, 0.25) is 11.8 Å². The molecular weight excluding hydrogens is 236 g/mol. The molecule has 2 heterocycles. The third kappa shape index (κ3) is 3.06. The van der Waals surface area contributed by atoms with Crippen molar-refractivity contribution in [2.45, 2.75) is 25.3 Å². The third-order valence-corrected chi connectivity index (χ3v) is 3.88. The number of hydrogen-bond acceptors (Lipinski definition) is 3. The second-order valence-corrected chi connectivity index (χ2v) is 5.28. The van der Waals surface area contributed by atoms with Crippen molar-refractivity contribution >= 4 is 23.2 Å². The molecule has 1 aromatic rings. The summed E-state index contributed by atoms with van der Waals surface area (Å²) in [4.78, 5) is 26.0. The summed E-state index contributed by atoms with van der Waals surface area (Å²) in [6, 6.07) is 3.77. The molecule has 5 heteroatoms. The van der Waals surface area contributed by atoms with Gasteiger partial charge in [0.1, 0.15) is 6.04 Å². The number of likely N-dealkylation sites (N-methyl/N-ethyl adjacent to an activating group) is 1. The molecule has 2 amide bonds. The van der Waals surface area contributed by atoms with Gasteiger partial charge in [0.25, 0.3) is 0 Å². The van der Waals surface area contributed by atoms with Crippen LogP contribution in [0.3, 0.4) is 0 Å². The van der Waals surface area contributed by atoms with Crippen LogP contribution in [0.4, 0.5) is 0 Å². The lowest BCUT2D eigenvalue weighted by atomic mass is 10.2. The van der Waals surface area contributed by atoms with Crippen LogP contribution in [-0.2, 0) is 16.0 Å². The zero-order valence-corrected chi connectivity index (χ0v) is 10.6. The van der Waals surface area contributed by atoms with Crippen molar-refractivity contribution in [1.29, 1.82) is 0 Å². The molecular formula is C12H16N2O2S. The van der Waals surface area contributed by atoms with E-state index < -0.39 is 0 Å². The van der Waals surface area contributed by atoms with Crippen molar-refractivity contribution in [2.24, 2.45) is 0 Å². The quantitative estimate of drug-likeness (QED) is 0.870. The lowest BCUT2D eigenvalue weighted by Gasteiger charge is -2.20. The summed E-state index contributed by atoms with van der Waals surface area (Å²) >= 11 is 1.70. The first-order valence-electron chi connectivity index (χ1n) is 5.73. The predicted octanol–water partition coefficient (Wildman–Crippen LogP) is 1.03. The van der Waals surface area contributed by atoms with Gasteiger partial charge in [0.05, 0.1) is 0 Å². The summed E-state index contributed by atoms with van der Waals surface area (Å²) in [5.74, 6) is 0.00223. The van der Waals surface area contributed by atoms with E-state index in [2.05, 4.69) is 11.4 Å². The highest BCUT2D eigenvalue weighted by Crippen LogP contribution is 2.12. The van der Waals surface area contributed by atoms with Crippen LogP contribution < -0.4 is 5.32 Å². The topological polar surface area (TPSA) is 49.4 Å². The van der Waals surface area contributed by atoms with E-state index in [0.29, 0.717) is 19.4 Å². The van der Waals surface area contributed by atoms with Crippen LogP contribution in [0.25, 0.3) is 0 Å². The number of carbonyl (C=O) groups excluding carboxylic acids is 2. The number of nitrogens with zero attached hydrogens (tertiary/aromatic N) is 1. The molecule has 4 nitrogen and oxygen atoms in total. The first-order chi connectivity index (χ1) is 8.16. The Hall–Kier alpha value is -1.36. The Morgan fingerprint density at radius 3 is 3.06 bits per heavy atom. The van der Waals surface area contributed by atoms with E-state index in [9.17, 15) is 9.59 Å². The number of thiophene rings is 1. The molecule has 92 valence electrons. The molecule has 1 saturated heterocycles. The highest BCUT2D eigenvalue weighted by molar-refractivity contribution is 7.09. The summed E-state index contributed by atoms with van der Waals surface area (Å²) < 4.78 is 0. The molecule has 0 aliphatic carbocycles. The largest absolute Gasteiger partial charge is 0.344 e. The Labute approximate surface area is 105 Å². The van der Waals surface area contributed by atoms with Crippen LogP contribution in [0.1, 0.15) is 17.7 Å². The molecule has 0 aromatic carbocycles. The molecule has 17 heavy (non-hydrogen) atoms. The van der Waals surface area contributed by atoms with Crippen LogP contribution >= 0.6 is 11.3 Å². The first kappa shape index (κ1) is 12.1. The maximum absolute atomic E-state index is 12.0. The zero-order chi connectivity index (χ0) is 12.3. The SMILES string of the molecule is CN(CCc1cccs1)C(=O)C1CCC(=O)N1. The van der Waals surface area contributed by atoms with Crippen molar-refractivity contribution in [3.63, 3.8) is 0 Å². The van der Waals surface area contributed by atoms with Crippen LogP contribution in [0.15, 0.2) is 17.5 Å². The maximum Gasteiger partial charge on any atom is 0.244 e. The number of hydrogen-bond donors (Lipinski definition) is 1. The van der Waals surface area contributed by atoms with E-state index in [1.165, 1.54) is 4.88 Å². The molecule has 2 rings (SSSR count). The lowest BCUT2D eigenvalue weighted by molar-refractivity contribution is -0.133. The molecule has 1 fully saturated rings. The van der Waals surface area contributed by atoms with E-state index in [4.69, 9.17) is 0 Å². The monoisotopic (exact) mass is 252 g/mol. The standard InChI is InChI=1S/C12H16N2O2S/c1-14(7-6-9-3-2-8-17-9)12(16)10-4-5-11(15)13-10/h2-3,8,10H,4-7H2,1H3,(H,13,15). The van der Waals surface area contributed by atoms with Gasteiger partial charge in [-0.3, -0.25) is 9.59 Å². The van der Waals surface area contributed by atoms with Crippen LogP contribution in [0.5, 0.6) is 0 Å². The van der Waals surface area contributed by atoms with E-state index in [1.807, 2.05) is 11.4 Å². The van der Waals surface area contributed by atoms with Gasteiger partial charge in [0, 0.05) is 24.9 Å². The van der Waals surface area contributed by atoms with Crippen molar-refractivity contribution in [3.8, 4) is 0 Å². The molecule has 1 atom stereocenters. The van der Waals surface area contributed by atoms with Gasteiger partial charge in [-0.25, -0.2) is 0 Å². The fraction of sp³-hybridized carbons (Fsp3) is 0.500. The normalized spacial score (nSPS) is 19.1. The average Bonchev–Trinajstić information content (AvgIpc) is 2.95. The average molecular weight is 252 g/mol. The molecule has 0 bridgehead atoms. The molecule has 1 N–H and O–H groups in total. The summed E-state index contributed by atoms with van der Waals surface area (Å²) in [6.07, 6.45) is 1.97. The van der Waals surface area contributed by atoms with E-state index in [-0.39, 0.29) is 17.9 Å². The fourth-order valence-corrected chi connectivity index (χ4v) is 2.61. The molecule has 0 radical (unpaired) electrons. The fourth-order valence-electron chi connectivity index (χ4n) is 1.91. The van der Waals surface area contributed by atoms with E-state index in [1.54, 1.807) is 23.3 Å². The number of carbonyl (C=O) groups is 2. The summed E-state index contributed by atoms with van der Waals surface area (Å²) in [5.41, 5.74) is 0. The molecule has 1 aliphatic heterocycles. The van der Waals surface area contributed by atoms with Gasteiger partial charge in [0.15, 0.2) is 0 Å². The highest BCUT2D eigenvalue weighted by Gasteiger charge is 2.29. The minimum absolute atomic E-state index is 0.0185. The van der Waals surface area contributed by atoms with Crippen molar-refractivity contribution < 1.29 is 9.59 Å². The van der Waals surface area contributed by atoms with Gasteiger partial charge >= 0.3 is 0 Å². The lowest BCUT2D eigenvalue weighted by Crippen LogP contribution is -2.43. The Kier molecular flexibility index (Phi) is 3.78. The Bertz CT molecular complexity index is 403. The summed E-state index contributed by atoms with van der Waals surface area (Å²) in [6.45, 7) is 0.700. The predicted molar refractivity (Wildman–Crippen MR) is 66.8 cm³/mol. The first-order valence-corrected chi connectivity index (χ1v) is 6.61. The van der Waals surface area contributed by atoms with Gasteiger partial charge in [-0.05, 0) is 24.3 Å². The van der Waals surface area contributed by atoms with Crippen LogP contribution in [0.2, 0.25) is 0 Å². The molecule has 1 aliphatic rings. The van der Waals surface area contributed by atoms with E-state index in [0.717, 1.165) is 6.42 Å². The molecule has 1 aromatic heterocycles. The maximum atomic E-state index is 12.0. The zero-order valence-electron chi connectivity index (χ0n) is 9.81. The number of nitrogens with one attached hydrogen (secondary N) is 1. The van der Waals surface area contributed by atoms with E-state index >= 15 is 0 Å². The summed E-state index contributed by atoms with van der Waals surface area (Å²) in [7, 11) is 1.79. The van der Waals surface area contributed by atoms with Gasteiger partial charge < -0.3 is 10.2 Å². The Morgan fingerprint density at radius 2 is 2.47 bits per heavy atom. The Morgan fingerprint density at radius 1 is 1.65 bits per heavy atom. The summed E-state index contributed by atoms with van der Waals surface area (Å²) in [5, 5.41) is 4.74.